The van der Waals surface area contributed by atoms with Crippen molar-refractivity contribution in [1.82, 2.24) is 5.32 Å². The van der Waals surface area contributed by atoms with Gasteiger partial charge in [0.05, 0.1) is 5.92 Å². The van der Waals surface area contributed by atoms with Crippen molar-refractivity contribution in [3.8, 4) is 0 Å². The molecule has 6 heteroatoms. The van der Waals surface area contributed by atoms with Crippen LogP contribution in [-0.2, 0) is 0 Å². The maximum absolute atomic E-state index is 12.7. The third-order valence-electron chi connectivity index (χ3n) is 3.50. The minimum atomic E-state index is -4.17. The van der Waals surface area contributed by atoms with E-state index >= 15 is 0 Å². The van der Waals surface area contributed by atoms with Crippen molar-refractivity contribution in [1.29, 1.82) is 0 Å². The van der Waals surface area contributed by atoms with Gasteiger partial charge in [0.1, 0.15) is 0 Å². The second-order valence-electron chi connectivity index (χ2n) is 5.07. The number of halogens is 3. The number of benzene rings is 1. The Morgan fingerprint density at radius 2 is 1.85 bits per heavy atom. The molecule has 1 aromatic carbocycles. The van der Waals surface area contributed by atoms with Gasteiger partial charge in [-0.3, -0.25) is 0 Å². The molecule has 0 aromatic heterocycles. The first-order valence-corrected chi connectivity index (χ1v) is 6.64. The van der Waals surface area contributed by atoms with E-state index in [0.717, 1.165) is 0 Å². The van der Waals surface area contributed by atoms with Gasteiger partial charge in [-0.15, -0.1) is 0 Å². The van der Waals surface area contributed by atoms with Crippen LogP contribution in [0.5, 0.6) is 0 Å². The second-order valence-corrected chi connectivity index (χ2v) is 5.07. The van der Waals surface area contributed by atoms with Gasteiger partial charge in [0.2, 0.25) is 0 Å². The normalized spacial score (nSPS) is 23.1. The van der Waals surface area contributed by atoms with Crippen molar-refractivity contribution in [2.24, 2.45) is 5.92 Å². The maximum Gasteiger partial charge on any atom is 0.391 e. The Balaban J connectivity index is 1.85. The molecule has 0 bridgehead atoms. The summed E-state index contributed by atoms with van der Waals surface area (Å²) in [6, 6.07) is 7.94. The van der Waals surface area contributed by atoms with Crippen molar-refractivity contribution in [2.75, 3.05) is 5.32 Å². The second kappa shape index (κ2) is 6.15. The van der Waals surface area contributed by atoms with Crippen molar-refractivity contribution in [3.63, 3.8) is 0 Å². The van der Waals surface area contributed by atoms with E-state index in [1.165, 1.54) is 0 Å². The standard InChI is InChI=1S/C14H17F3N2O/c15-14(16,17)10-5-4-8-12(9-10)19-13(20)18-11-6-2-1-3-7-11/h1-3,6-7,10,12H,4-5,8-9H2,(H2,18,19,20). The third kappa shape index (κ3) is 4.15. The number of hydrogen-bond acceptors (Lipinski definition) is 1. The van der Waals surface area contributed by atoms with Crippen LogP contribution in [-0.4, -0.2) is 18.2 Å². The van der Waals surface area contributed by atoms with Crippen molar-refractivity contribution in [2.45, 2.75) is 37.9 Å². The number of nitrogens with one attached hydrogen (secondary N) is 2. The number of amides is 2. The highest BCUT2D eigenvalue weighted by Crippen LogP contribution is 2.37. The summed E-state index contributed by atoms with van der Waals surface area (Å²) in [4.78, 5) is 11.7. The molecule has 2 amide bonds. The van der Waals surface area contributed by atoms with Gasteiger partial charge >= 0.3 is 12.2 Å². The lowest BCUT2D eigenvalue weighted by molar-refractivity contribution is -0.183. The Bertz CT molecular complexity index is 447. The highest BCUT2D eigenvalue weighted by Gasteiger charge is 2.42. The number of urea groups is 1. The van der Waals surface area contributed by atoms with Gasteiger partial charge in [-0.1, -0.05) is 24.6 Å². The van der Waals surface area contributed by atoms with E-state index < -0.39 is 24.2 Å². The number of hydrogen-bond donors (Lipinski definition) is 2. The lowest BCUT2D eigenvalue weighted by Crippen LogP contribution is -2.43. The largest absolute Gasteiger partial charge is 0.391 e. The van der Waals surface area contributed by atoms with Crippen LogP contribution in [0.25, 0.3) is 0 Å². The summed E-state index contributed by atoms with van der Waals surface area (Å²) >= 11 is 0. The quantitative estimate of drug-likeness (QED) is 0.849. The number of rotatable bonds is 2. The molecule has 0 spiro atoms. The van der Waals surface area contributed by atoms with E-state index in [1.807, 2.05) is 6.07 Å². The van der Waals surface area contributed by atoms with Gasteiger partial charge < -0.3 is 10.6 Å². The average molecular weight is 286 g/mol. The maximum atomic E-state index is 12.7. The minimum Gasteiger partial charge on any atom is -0.335 e. The molecule has 20 heavy (non-hydrogen) atoms. The van der Waals surface area contributed by atoms with Crippen LogP contribution < -0.4 is 10.6 Å². The van der Waals surface area contributed by atoms with Gasteiger partial charge in [-0.25, -0.2) is 4.79 Å². The minimum absolute atomic E-state index is 0.0360. The number of carbonyl (C=O) groups excluding carboxylic acids is 1. The van der Waals surface area contributed by atoms with Gasteiger partial charge in [0, 0.05) is 11.7 Å². The van der Waals surface area contributed by atoms with Gasteiger partial charge in [0.25, 0.3) is 0 Å². The van der Waals surface area contributed by atoms with Crippen molar-refractivity contribution in [3.05, 3.63) is 30.3 Å². The monoisotopic (exact) mass is 286 g/mol. The Morgan fingerprint density at radius 1 is 1.15 bits per heavy atom. The predicted octanol–water partition coefficient (Wildman–Crippen LogP) is 3.93. The molecule has 1 aromatic rings. The van der Waals surface area contributed by atoms with Crippen LogP contribution >= 0.6 is 0 Å². The number of carbonyl (C=O) groups is 1. The van der Waals surface area contributed by atoms with Gasteiger partial charge in [-0.05, 0) is 31.4 Å². The Morgan fingerprint density at radius 3 is 2.50 bits per heavy atom. The number of alkyl halides is 3. The first-order chi connectivity index (χ1) is 9.45. The Hall–Kier alpha value is -1.72. The summed E-state index contributed by atoms with van der Waals surface area (Å²) in [6.45, 7) is 0. The summed E-state index contributed by atoms with van der Waals surface area (Å²) in [5, 5.41) is 5.23. The topological polar surface area (TPSA) is 41.1 Å². The molecule has 1 aliphatic carbocycles. The molecule has 2 N–H and O–H groups in total. The number of anilines is 1. The molecule has 0 saturated heterocycles. The molecule has 110 valence electrons. The van der Waals surface area contributed by atoms with Crippen LogP contribution in [0.1, 0.15) is 25.7 Å². The van der Waals surface area contributed by atoms with E-state index in [2.05, 4.69) is 10.6 Å². The predicted molar refractivity (Wildman–Crippen MR) is 70.4 cm³/mol. The van der Waals surface area contributed by atoms with Crippen LogP contribution in [0, 0.1) is 5.92 Å². The van der Waals surface area contributed by atoms with Crippen molar-refractivity contribution >= 4 is 11.7 Å². The number of para-hydroxylation sites is 1. The van der Waals surface area contributed by atoms with E-state index in [4.69, 9.17) is 0 Å². The van der Waals surface area contributed by atoms with Gasteiger partial charge in [0.15, 0.2) is 0 Å². The summed E-state index contributed by atoms with van der Waals surface area (Å²) < 4.78 is 38.0. The molecular formula is C14H17F3N2O. The highest BCUT2D eigenvalue weighted by atomic mass is 19.4. The fourth-order valence-electron chi connectivity index (χ4n) is 2.49. The van der Waals surface area contributed by atoms with Gasteiger partial charge in [-0.2, -0.15) is 13.2 Å². The van der Waals surface area contributed by atoms with Crippen LogP contribution in [0.2, 0.25) is 0 Å². The molecule has 1 saturated carbocycles. The van der Waals surface area contributed by atoms with E-state index in [0.29, 0.717) is 18.5 Å². The zero-order valence-electron chi connectivity index (χ0n) is 10.9. The fraction of sp³-hybridized carbons (Fsp3) is 0.500. The third-order valence-corrected chi connectivity index (χ3v) is 3.50. The smallest absolute Gasteiger partial charge is 0.335 e. The molecule has 0 radical (unpaired) electrons. The fourth-order valence-corrected chi connectivity index (χ4v) is 2.49. The van der Waals surface area contributed by atoms with Crippen molar-refractivity contribution < 1.29 is 18.0 Å². The molecule has 2 atom stereocenters. The van der Waals surface area contributed by atoms with Crippen LogP contribution in [0.3, 0.4) is 0 Å². The zero-order valence-corrected chi connectivity index (χ0v) is 10.9. The average Bonchev–Trinajstić information content (AvgIpc) is 2.39. The lowest BCUT2D eigenvalue weighted by atomic mass is 9.85. The molecule has 1 fully saturated rings. The molecule has 2 rings (SSSR count). The van der Waals surface area contributed by atoms with Crippen LogP contribution in [0.15, 0.2) is 30.3 Å². The summed E-state index contributed by atoms with van der Waals surface area (Å²) in [5.41, 5.74) is 0.619. The lowest BCUT2D eigenvalue weighted by Gasteiger charge is -2.31. The molecule has 1 aliphatic rings. The van der Waals surface area contributed by atoms with E-state index in [1.54, 1.807) is 24.3 Å². The van der Waals surface area contributed by atoms with Crippen LogP contribution in [0.4, 0.5) is 23.7 Å². The zero-order chi connectivity index (χ0) is 14.6. The molecular weight excluding hydrogens is 269 g/mol. The Labute approximate surface area is 115 Å². The SMILES string of the molecule is O=C(Nc1ccccc1)NC1CCCC(C(F)(F)F)C1. The van der Waals surface area contributed by atoms with E-state index in [9.17, 15) is 18.0 Å². The molecule has 2 unspecified atom stereocenters. The molecule has 0 heterocycles. The first-order valence-electron chi connectivity index (χ1n) is 6.64. The Kier molecular flexibility index (Phi) is 4.52. The summed E-state index contributed by atoms with van der Waals surface area (Å²) in [6.07, 6.45) is -2.97. The highest BCUT2D eigenvalue weighted by molar-refractivity contribution is 5.89. The molecule has 3 nitrogen and oxygen atoms in total. The molecule has 0 aliphatic heterocycles. The summed E-state index contributed by atoms with van der Waals surface area (Å²) in [5.74, 6) is -1.31. The van der Waals surface area contributed by atoms with E-state index in [-0.39, 0.29) is 12.8 Å². The first kappa shape index (κ1) is 14.7. The summed E-state index contributed by atoms with van der Waals surface area (Å²) in [7, 11) is 0.